The van der Waals surface area contributed by atoms with Crippen molar-refractivity contribution in [3.8, 4) is 0 Å². The summed E-state index contributed by atoms with van der Waals surface area (Å²) in [5.41, 5.74) is 0.506. The Morgan fingerprint density at radius 2 is 2.50 bits per heavy atom. The molecule has 2 nitrogen and oxygen atoms in total. The Labute approximate surface area is 69.7 Å². The first-order chi connectivity index (χ1) is 5.88. The molecule has 0 saturated heterocycles. The van der Waals surface area contributed by atoms with Crippen LogP contribution in [0, 0.1) is 5.95 Å². The number of hydrogen-bond donors (Lipinski definition) is 0. The molecule has 1 aromatic rings. The summed E-state index contributed by atoms with van der Waals surface area (Å²) >= 11 is 0. The number of halogens is 1. The zero-order valence-electron chi connectivity index (χ0n) is 6.40. The zero-order chi connectivity index (χ0) is 8.39. The van der Waals surface area contributed by atoms with Gasteiger partial charge in [0.1, 0.15) is 6.10 Å². The molecule has 1 unspecified atom stereocenters. The van der Waals surface area contributed by atoms with Crippen LogP contribution in [0.5, 0.6) is 0 Å². The predicted octanol–water partition coefficient (Wildman–Crippen LogP) is 1.85. The van der Waals surface area contributed by atoms with Crippen molar-refractivity contribution in [1.82, 2.24) is 4.98 Å². The van der Waals surface area contributed by atoms with Crippen LogP contribution >= 0.6 is 0 Å². The Morgan fingerprint density at radius 1 is 1.58 bits per heavy atom. The van der Waals surface area contributed by atoms with Gasteiger partial charge in [0.05, 0.1) is 6.61 Å². The average molecular weight is 165 g/mol. The Hall–Kier alpha value is -1.22. The maximum absolute atomic E-state index is 13.0. The lowest BCUT2D eigenvalue weighted by Gasteiger charge is -2.07. The Bertz CT molecular complexity index is 311. The van der Waals surface area contributed by atoms with Gasteiger partial charge in [-0.2, -0.15) is 4.39 Å². The molecule has 12 heavy (non-hydrogen) atoms. The van der Waals surface area contributed by atoms with Crippen LogP contribution in [-0.4, -0.2) is 11.6 Å². The van der Waals surface area contributed by atoms with Crippen LogP contribution in [0.25, 0.3) is 0 Å². The second-order valence-electron chi connectivity index (χ2n) is 2.57. The highest BCUT2D eigenvalue weighted by atomic mass is 19.1. The first-order valence-electron chi connectivity index (χ1n) is 3.76. The van der Waals surface area contributed by atoms with Crippen molar-refractivity contribution in [3.63, 3.8) is 0 Å². The van der Waals surface area contributed by atoms with Crippen LogP contribution < -0.4 is 0 Å². The van der Waals surface area contributed by atoms with E-state index in [9.17, 15) is 4.39 Å². The number of pyridine rings is 1. The zero-order valence-corrected chi connectivity index (χ0v) is 6.40. The van der Waals surface area contributed by atoms with Gasteiger partial charge in [0, 0.05) is 11.8 Å². The number of rotatable bonds is 1. The van der Waals surface area contributed by atoms with Crippen LogP contribution in [0.2, 0.25) is 0 Å². The SMILES string of the molecule is Fc1ncccc1C1C=CCO1. The topological polar surface area (TPSA) is 22.1 Å². The summed E-state index contributed by atoms with van der Waals surface area (Å²) in [6.07, 6.45) is 4.88. The number of aromatic nitrogens is 1. The van der Waals surface area contributed by atoms with E-state index in [1.807, 2.05) is 12.2 Å². The van der Waals surface area contributed by atoms with E-state index in [1.54, 1.807) is 12.1 Å². The van der Waals surface area contributed by atoms with Crippen molar-refractivity contribution in [3.05, 3.63) is 42.0 Å². The van der Waals surface area contributed by atoms with Crippen LogP contribution in [-0.2, 0) is 4.74 Å². The summed E-state index contributed by atoms with van der Waals surface area (Å²) in [7, 11) is 0. The van der Waals surface area contributed by atoms with Crippen molar-refractivity contribution < 1.29 is 9.13 Å². The molecule has 0 aliphatic carbocycles. The van der Waals surface area contributed by atoms with E-state index in [2.05, 4.69) is 4.98 Å². The van der Waals surface area contributed by atoms with Crippen molar-refractivity contribution in [2.75, 3.05) is 6.61 Å². The summed E-state index contributed by atoms with van der Waals surface area (Å²) in [6.45, 7) is 0.555. The lowest BCUT2D eigenvalue weighted by Crippen LogP contribution is -2.00. The van der Waals surface area contributed by atoms with Crippen molar-refractivity contribution in [2.24, 2.45) is 0 Å². The van der Waals surface area contributed by atoms with Gasteiger partial charge in [-0.15, -0.1) is 0 Å². The maximum atomic E-state index is 13.0. The Balaban J connectivity index is 2.33. The lowest BCUT2D eigenvalue weighted by molar-refractivity contribution is 0.126. The van der Waals surface area contributed by atoms with Crippen LogP contribution in [0.4, 0.5) is 4.39 Å². The number of nitrogens with zero attached hydrogens (tertiary/aromatic N) is 1. The molecule has 1 aliphatic rings. The average Bonchev–Trinajstić information content (AvgIpc) is 2.57. The highest BCUT2D eigenvalue weighted by Crippen LogP contribution is 2.23. The molecule has 0 radical (unpaired) electrons. The second-order valence-corrected chi connectivity index (χ2v) is 2.57. The van der Waals surface area contributed by atoms with Gasteiger partial charge in [0.25, 0.3) is 0 Å². The molecule has 62 valence electrons. The molecule has 1 aromatic heterocycles. The quantitative estimate of drug-likeness (QED) is 0.468. The molecule has 2 rings (SSSR count). The highest BCUT2D eigenvalue weighted by Gasteiger charge is 2.16. The summed E-state index contributed by atoms with van der Waals surface area (Å²) in [5, 5.41) is 0. The van der Waals surface area contributed by atoms with Crippen LogP contribution in [0.3, 0.4) is 0 Å². The van der Waals surface area contributed by atoms with Gasteiger partial charge in [-0.3, -0.25) is 0 Å². The summed E-state index contributed by atoms with van der Waals surface area (Å²) in [4.78, 5) is 3.54. The third kappa shape index (κ3) is 1.23. The summed E-state index contributed by atoms with van der Waals surface area (Å²) < 4.78 is 18.2. The van der Waals surface area contributed by atoms with Crippen LogP contribution in [0.15, 0.2) is 30.5 Å². The van der Waals surface area contributed by atoms with Gasteiger partial charge in [0.2, 0.25) is 5.95 Å². The summed E-state index contributed by atoms with van der Waals surface area (Å²) in [6, 6.07) is 3.39. The molecule has 1 atom stereocenters. The first-order valence-corrected chi connectivity index (χ1v) is 3.76. The minimum absolute atomic E-state index is 0.251. The Morgan fingerprint density at radius 3 is 3.17 bits per heavy atom. The first kappa shape index (κ1) is 7.43. The fraction of sp³-hybridized carbons (Fsp3) is 0.222. The number of ether oxygens (including phenoxy) is 1. The van der Waals surface area contributed by atoms with E-state index < -0.39 is 5.95 Å². The molecule has 0 saturated carbocycles. The van der Waals surface area contributed by atoms with Gasteiger partial charge in [0.15, 0.2) is 0 Å². The van der Waals surface area contributed by atoms with Gasteiger partial charge in [-0.25, -0.2) is 4.98 Å². The minimum Gasteiger partial charge on any atom is -0.365 e. The number of hydrogen-bond acceptors (Lipinski definition) is 2. The van der Waals surface area contributed by atoms with Gasteiger partial charge in [-0.05, 0) is 12.1 Å². The third-order valence-corrected chi connectivity index (χ3v) is 1.78. The molecule has 2 heterocycles. The van der Waals surface area contributed by atoms with E-state index in [0.717, 1.165) is 0 Å². The van der Waals surface area contributed by atoms with Crippen molar-refractivity contribution >= 4 is 0 Å². The van der Waals surface area contributed by atoms with Gasteiger partial charge >= 0.3 is 0 Å². The molecule has 0 amide bonds. The van der Waals surface area contributed by atoms with Gasteiger partial charge in [-0.1, -0.05) is 12.2 Å². The molecule has 1 aliphatic heterocycles. The minimum atomic E-state index is -0.450. The molecule has 3 heteroatoms. The summed E-state index contributed by atoms with van der Waals surface area (Å²) in [5.74, 6) is -0.450. The highest BCUT2D eigenvalue weighted by molar-refractivity contribution is 5.20. The fourth-order valence-electron chi connectivity index (χ4n) is 1.20. The monoisotopic (exact) mass is 165 g/mol. The smallest absolute Gasteiger partial charge is 0.218 e. The largest absolute Gasteiger partial charge is 0.365 e. The Kier molecular flexibility index (Phi) is 1.87. The molecular weight excluding hydrogens is 157 g/mol. The predicted molar refractivity (Wildman–Crippen MR) is 42.0 cm³/mol. The standard InChI is InChI=1S/C9H8FNO/c10-9-7(3-1-5-11-9)8-4-2-6-12-8/h1-5,8H,6H2. The molecule has 0 fully saturated rings. The normalized spacial score (nSPS) is 21.6. The van der Waals surface area contributed by atoms with Crippen molar-refractivity contribution in [2.45, 2.75) is 6.10 Å². The van der Waals surface area contributed by atoms with E-state index in [0.29, 0.717) is 12.2 Å². The fourth-order valence-corrected chi connectivity index (χ4v) is 1.20. The third-order valence-electron chi connectivity index (χ3n) is 1.78. The maximum Gasteiger partial charge on any atom is 0.218 e. The second kappa shape index (κ2) is 3.03. The molecule has 0 bridgehead atoms. The molecule has 0 aromatic carbocycles. The van der Waals surface area contributed by atoms with Crippen molar-refractivity contribution in [1.29, 1.82) is 0 Å². The van der Waals surface area contributed by atoms with E-state index in [4.69, 9.17) is 4.74 Å². The van der Waals surface area contributed by atoms with E-state index in [-0.39, 0.29) is 6.10 Å². The van der Waals surface area contributed by atoms with E-state index in [1.165, 1.54) is 6.20 Å². The van der Waals surface area contributed by atoms with Gasteiger partial charge < -0.3 is 4.74 Å². The molecule has 0 N–H and O–H groups in total. The van der Waals surface area contributed by atoms with Crippen LogP contribution in [0.1, 0.15) is 11.7 Å². The molecular formula is C9H8FNO. The van der Waals surface area contributed by atoms with E-state index >= 15 is 0 Å². The lowest BCUT2D eigenvalue weighted by atomic mass is 10.1. The molecule has 0 spiro atoms.